The van der Waals surface area contributed by atoms with Crippen LogP contribution in [0.1, 0.15) is 44.9 Å². The van der Waals surface area contributed by atoms with Crippen LogP contribution in [-0.2, 0) is 0 Å². The van der Waals surface area contributed by atoms with Crippen molar-refractivity contribution in [1.29, 1.82) is 0 Å². The second-order valence-electron chi connectivity index (χ2n) is 6.24. The van der Waals surface area contributed by atoms with E-state index < -0.39 is 11.8 Å². The average Bonchev–Trinajstić information content (AvgIpc) is 2.93. The SMILES string of the molecule is CCOc1ccc(N2C(=O)c3ccc(C(=O)N[C@@H](C)CN)cc3C2=O)cc1. The van der Waals surface area contributed by atoms with Crippen molar-refractivity contribution in [3.05, 3.63) is 59.2 Å². The summed E-state index contributed by atoms with van der Waals surface area (Å²) in [6, 6.07) is 11.0. The lowest BCUT2D eigenvalue weighted by molar-refractivity contribution is 0.0922. The molecule has 1 atom stereocenters. The molecule has 0 saturated carbocycles. The second-order valence-corrected chi connectivity index (χ2v) is 6.24. The van der Waals surface area contributed by atoms with Gasteiger partial charge in [0.25, 0.3) is 17.7 Å². The van der Waals surface area contributed by atoms with E-state index in [-0.39, 0.29) is 23.1 Å². The van der Waals surface area contributed by atoms with Gasteiger partial charge in [0.1, 0.15) is 5.75 Å². The molecule has 27 heavy (non-hydrogen) atoms. The summed E-state index contributed by atoms with van der Waals surface area (Å²) in [4.78, 5) is 38.8. The topological polar surface area (TPSA) is 102 Å². The molecule has 0 radical (unpaired) electrons. The zero-order chi connectivity index (χ0) is 19.6. The summed E-state index contributed by atoms with van der Waals surface area (Å²) in [5, 5.41) is 2.74. The average molecular weight is 367 g/mol. The Morgan fingerprint density at radius 2 is 1.78 bits per heavy atom. The molecular weight excluding hydrogens is 346 g/mol. The second kappa shape index (κ2) is 7.59. The molecule has 2 aromatic carbocycles. The molecule has 3 N–H and O–H groups in total. The van der Waals surface area contributed by atoms with Gasteiger partial charge in [0.15, 0.2) is 0 Å². The molecule has 0 aliphatic carbocycles. The number of ether oxygens (including phenoxy) is 1. The number of nitrogens with two attached hydrogens (primary N) is 1. The van der Waals surface area contributed by atoms with Gasteiger partial charge in [0, 0.05) is 18.2 Å². The highest BCUT2D eigenvalue weighted by Gasteiger charge is 2.37. The molecule has 1 heterocycles. The summed E-state index contributed by atoms with van der Waals surface area (Å²) in [7, 11) is 0. The fourth-order valence-electron chi connectivity index (χ4n) is 2.84. The lowest BCUT2D eigenvalue weighted by atomic mass is 10.1. The van der Waals surface area contributed by atoms with Crippen molar-refractivity contribution >= 4 is 23.4 Å². The van der Waals surface area contributed by atoms with Gasteiger partial charge >= 0.3 is 0 Å². The Morgan fingerprint density at radius 1 is 1.11 bits per heavy atom. The van der Waals surface area contributed by atoms with Gasteiger partial charge in [-0.25, -0.2) is 4.90 Å². The number of imide groups is 1. The maximum absolute atomic E-state index is 12.8. The predicted octanol–water partition coefficient (Wildman–Crippen LogP) is 1.96. The van der Waals surface area contributed by atoms with Crippen LogP contribution in [0.5, 0.6) is 5.75 Å². The first-order valence-corrected chi connectivity index (χ1v) is 8.73. The first kappa shape index (κ1) is 18.6. The fourth-order valence-corrected chi connectivity index (χ4v) is 2.84. The Bertz CT molecular complexity index is 893. The van der Waals surface area contributed by atoms with Crippen molar-refractivity contribution in [2.24, 2.45) is 5.73 Å². The largest absolute Gasteiger partial charge is 0.494 e. The van der Waals surface area contributed by atoms with E-state index in [1.54, 1.807) is 31.2 Å². The number of rotatable bonds is 6. The summed E-state index contributed by atoms with van der Waals surface area (Å²) >= 11 is 0. The van der Waals surface area contributed by atoms with E-state index in [0.717, 1.165) is 4.90 Å². The number of carbonyl (C=O) groups excluding carboxylic acids is 3. The van der Waals surface area contributed by atoms with E-state index >= 15 is 0 Å². The third-order valence-corrected chi connectivity index (χ3v) is 4.29. The van der Waals surface area contributed by atoms with Crippen molar-refractivity contribution in [2.75, 3.05) is 18.1 Å². The lowest BCUT2D eigenvalue weighted by Crippen LogP contribution is -2.37. The zero-order valence-corrected chi connectivity index (χ0v) is 15.2. The molecule has 7 nitrogen and oxygen atoms in total. The fraction of sp³-hybridized carbons (Fsp3) is 0.250. The van der Waals surface area contributed by atoms with E-state index in [0.29, 0.717) is 30.2 Å². The van der Waals surface area contributed by atoms with Crippen LogP contribution in [0.2, 0.25) is 0 Å². The standard InChI is InChI=1S/C20H21N3O4/c1-3-27-15-7-5-14(6-8-15)23-19(25)16-9-4-13(10-17(16)20(23)26)18(24)22-12(2)11-21/h4-10,12H,3,11,21H2,1-2H3,(H,22,24)/t12-/m0/s1. The number of hydrogen-bond acceptors (Lipinski definition) is 5. The number of hydrogen-bond donors (Lipinski definition) is 2. The molecule has 0 bridgehead atoms. The zero-order valence-electron chi connectivity index (χ0n) is 15.2. The molecule has 1 aliphatic rings. The number of benzene rings is 2. The van der Waals surface area contributed by atoms with Crippen LogP contribution in [0.3, 0.4) is 0 Å². The third-order valence-electron chi connectivity index (χ3n) is 4.29. The van der Waals surface area contributed by atoms with Gasteiger partial charge in [0.2, 0.25) is 0 Å². The van der Waals surface area contributed by atoms with Gasteiger partial charge < -0.3 is 15.8 Å². The summed E-state index contributed by atoms with van der Waals surface area (Å²) in [5.74, 6) is -0.552. The third kappa shape index (κ3) is 3.54. The van der Waals surface area contributed by atoms with Crippen molar-refractivity contribution in [3.8, 4) is 5.75 Å². The number of fused-ring (bicyclic) bond motifs is 1. The maximum atomic E-state index is 12.8. The molecule has 0 unspecified atom stereocenters. The Balaban J connectivity index is 1.88. The monoisotopic (exact) mass is 367 g/mol. The van der Waals surface area contributed by atoms with Crippen LogP contribution in [0, 0.1) is 0 Å². The van der Waals surface area contributed by atoms with Gasteiger partial charge in [0.05, 0.1) is 23.4 Å². The Kier molecular flexibility index (Phi) is 5.23. The van der Waals surface area contributed by atoms with Gasteiger partial charge in [-0.1, -0.05) is 0 Å². The highest BCUT2D eigenvalue weighted by molar-refractivity contribution is 6.34. The number of carbonyl (C=O) groups is 3. The minimum absolute atomic E-state index is 0.191. The molecule has 0 saturated heterocycles. The summed E-state index contributed by atoms with van der Waals surface area (Å²) in [6.45, 7) is 4.49. The van der Waals surface area contributed by atoms with Crippen LogP contribution in [0.15, 0.2) is 42.5 Å². The molecule has 0 aromatic heterocycles. The molecule has 3 rings (SSSR count). The van der Waals surface area contributed by atoms with Gasteiger partial charge in [-0.15, -0.1) is 0 Å². The van der Waals surface area contributed by atoms with Crippen LogP contribution in [0.4, 0.5) is 5.69 Å². The van der Waals surface area contributed by atoms with E-state index in [9.17, 15) is 14.4 Å². The quantitative estimate of drug-likeness (QED) is 0.760. The molecule has 1 aliphatic heterocycles. The smallest absolute Gasteiger partial charge is 0.266 e. The molecule has 140 valence electrons. The lowest BCUT2D eigenvalue weighted by Gasteiger charge is -2.14. The molecule has 3 amide bonds. The highest BCUT2D eigenvalue weighted by atomic mass is 16.5. The highest BCUT2D eigenvalue weighted by Crippen LogP contribution is 2.30. The maximum Gasteiger partial charge on any atom is 0.266 e. The van der Waals surface area contributed by atoms with Crippen molar-refractivity contribution in [2.45, 2.75) is 19.9 Å². The number of nitrogens with one attached hydrogen (secondary N) is 1. The van der Waals surface area contributed by atoms with Crippen LogP contribution < -0.4 is 20.7 Å². The number of nitrogens with zero attached hydrogens (tertiary/aromatic N) is 1. The first-order chi connectivity index (χ1) is 13.0. The van der Waals surface area contributed by atoms with E-state index in [4.69, 9.17) is 10.5 Å². The summed E-state index contributed by atoms with van der Waals surface area (Å²) < 4.78 is 5.38. The molecule has 2 aromatic rings. The molecule has 0 fully saturated rings. The summed E-state index contributed by atoms with van der Waals surface area (Å²) in [6.07, 6.45) is 0. The Morgan fingerprint density at radius 3 is 2.41 bits per heavy atom. The molecule has 7 heteroatoms. The van der Waals surface area contributed by atoms with Crippen molar-refractivity contribution in [1.82, 2.24) is 5.32 Å². The Labute approximate surface area is 157 Å². The molecular formula is C20H21N3O4. The minimum Gasteiger partial charge on any atom is -0.494 e. The van der Waals surface area contributed by atoms with Crippen molar-refractivity contribution in [3.63, 3.8) is 0 Å². The Hall–Kier alpha value is -3.19. The van der Waals surface area contributed by atoms with E-state index in [1.165, 1.54) is 18.2 Å². The van der Waals surface area contributed by atoms with Gasteiger partial charge in [-0.2, -0.15) is 0 Å². The summed E-state index contributed by atoms with van der Waals surface area (Å²) in [5.41, 5.74) is 6.76. The number of anilines is 1. The van der Waals surface area contributed by atoms with E-state index in [1.807, 2.05) is 6.92 Å². The van der Waals surface area contributed by atoms with Gasteiger partial charge in [-0.3, -0.25) is 14.4 Å². The van der Waals surface area contributed by atoms with E-state index in [2.05, 4.69) is 5.32 Å². The minimum atomic E-state index is -0.458. The first-order valence-electron chi connectivity index (χ1n) is 8.73. The van der Waals surface area contributed by atoms with Crippen LogP contribution in [0.25, 0.3) is 0 Å². The normalized spacial score (nSPS) is 14.1. The molecule has 0 spiro atoms. The number of amides is 3. The van der Waals surface area contributed by atoms with Gasteiger partial charge in [-0.05, 0) is 56.3 Å². The van der Waals surface area contributed by atoms with Crippen LogP contribution >= 0.6 is 0 Å². The predicted molar refractivity (Wildman–Crippen MR) is 101 cm³/mol. The van der Waals surface area contributed by atoms with Crippen molar-refractivity contribution < 1.29 is 19.1 Å². The van der Waals surface area contributed by atoms with Crippen LogP contribution in [-0.4, -0.2) is 36.9 Å².